The highest BCUT2D eigenvalue weighted by atomic mass is 16.4. The van der Waals surface area contributed by atoms with Crippen LogP contribution in [0.25, 0.3) is 11.0 Å². The van der Waals surface area contributed by atoms with Gasteiger partial charge in [-0.3, -0.25) is 0 Å². The van der Waals surface area contributed by atoms with Crippen LogP contribution in [0.2, 0.25) is 0 Å². The zero-order valence-electron chi connectivity index (χ0n) is 14.9. The minimum absolute atomic E-state index is 0.269. The Bertz CT molecular complexity index is 692. The molecule has 1 aliphatic carbocycles. The van der Waals surface area contributed by atoms with Crippen LogP contribution in [0.4, 0.5) is 0 Å². The molecule has 0 unspecified atom stereocenters. The van der Waals surface area contributed by atoms with Crippen molar-refractivity contribution in [2.45, 2.75) is 77.0 Å². The first kappa shape index (κ1) is 17.3. The van der Waals surface area contributed by atoms with Gasteiger partial charge in [-0.25, -0.2) is 4.79 Å². The van der Waals surface area contributed by atoms with Gasteiger partial charge in [-0.2, -0.15) is 0 Å². The molecule has 1 aromatic heterocycles. The van der Waals surface area contributed by atoms with E-state index in [0.29, 0.717) is 11.5 Å². The third-order valence-corrected chi connectivity index (χ3v) is 5.68. The van der Waals surface area contributed by atoms with Crippen LogP contribution < -0.4 is 5.63 Å². The van der Waals surface area contributed by atoms with Gasteiger partial charge >= 0.3 is 5.63 Å². The van der Waals surface area contributed by atoms with Crippen LogP contribution in [0, 0.1) is 5.92 Å². The molecule has 0 atom stereocenters. The Morgan fingerprint density at radius 1 is 0.958 bits per heavy atom. The zero-order valence-corrected chi connectivity index (χ0v) is 14.9. The summed E-state index contributed by atoms with van der Waals surface area (Å²) >= 11 is 0. The van der Waals surface area contributed by atoms with E-state index in [2.05, 4.69) is 19.1 Å². The first-order valence-electron chi connectivity index (χ1n) is 9.80. The van der Waals surface area contributed by atoms with Crippen molar-refractivity contribution in [3.63, 3.8) is 0 Å². The summed E-state index contributed by atoms with van der Waals surface area (Å²) in [5.41, 5.74) is 1.85. The van der Waals surface area contributed by atoms with E-state index in [0.717, 1.165) is 11.3 Å². The molecule has 0 amide bonds. The van der Waals surface area contributed by atoms with Gasteiger partial charge in [0.05, 0.1) is 0 Å². The van der Waals surface area contributed by atoms with Gasteiger partial charge in [-0.15, -0.1) is 0 Å². The largest absolute Gasteiger partial charge is 0.423 e. The minimum atomic E-state index is -0.269. The van der Waals surface area contributed by atoms with Gasteiger partial charge in [-0.05, 0) is 61.3 Å². The molecule has 1 heterocycles. The molecule has 1 aromatic carbocycles. The van der Waals surface area contributed by atoms with Gasteiger partial charge in [0.2, 0.25) is 0 Å². The predicted octanol–water partition coefficient (Wildman–Crippen LogP) is 6.43. The average Bonchev–Trinajstić information content (AvgIpc) is 2.62. The Labute approximate surface area is 145 Å². The Morgan fingerprint density at radius 3 is 2.54 bits per heavy atom. The van der Waals surface area contributed by atoms with Crippen LogP contribution in [0.5, 0.6) is 0 Å². The fourth-order valence-electron chi connectivity index (χ4n) is 4.17. The van der Waals surface area contributed by atoms with E-state index in [-0.39, 0.29) is 5.63 Å². The van der Waals surface area contributed by atoms with Gasteiger partial charge in [0.1, 0.15) is 5.58 Å². The summed E-state index contributed by atoms with van der Waals surface area (Å²) in [6.07, 6.45) is 13.8. The second-order valence-electron chi connectivity index (χ2n) is 7.47. The lowest BCUT2D eigenvalue weighted by Crippen LogP contribution is -2.13. The summed E-state index contributed by atoms with van der Waals surface area (Å²) in [4.78, 5) is 11.3. The quantitative estimate of drug-likeness (QED) is 0.433. The average molecular weight is 326 g/mol. The number of fused-ring (bicyclic) bond motifs is 1. The van der Waals surface area contributed by atoms with Gasteiger partial charge < -0.3 is 4.42 Å². The number of unbranched alkanes of at least 4 members (excludes halogenated alkanes) is 4. The maximum absolute atomic E-state index is 11.3. The Morgan fingerprint density at radius 2 is 1.75 bits per heavy atom. The number of rotatable bonds is 7. The highest BCUT2D eigenvalue weighted by molar-refractivity contribution is 5.77. The van der Waals surface area contributed by atoms with Crippen LogP contribution in [-0.4, -0.2) is 0 Å². The van der Waals surface area contributed by atoms with Crippen molar-refractivity contribution in [2.24, 2.45) is 5.92 Å². The van der Waals surface area contributed by atoms with E-state index in [4.69, 9.17) is 4.42 Å². The molecule has 24 heavy (non-hydrogen) atoms. The highest BCUT2D eigenvalue weighted by Gasteiger charge is 2.22. The predicted molar refractivity (Wildman–Crippen MR) is 101 cm³/mol. The standard InChI is InChI=1S/C22H30O2/c1-2-3-4-5-6-7-17-8-10-18(11-9-17)19-12-14-21-20(16-19)13-15-22(23)24-21/h12-18H,2-11H2,1H3. The summed E-state index contributed by atoms with van der Waals surface area (Å²) < 4.78 is 5.24. The van der Waals surface area contributed by atoms with E-state index < -0.39 is 0 Å². The van der Waals surface area contributed by atoms with Crippen molar-refractivity contribution in [2.75, 3.05) is 0 Å². The first-order valence-corrected chi connectivity index (χ1v) is 9.80. The van der Waals surface area contributed by atoms with Crippen LogP contribution in [-0.2, 0) is 0 Å². The summed E-state index contributed by atoms with van der Waals surface area (Å²) in [5, 5.41) is 1.05. The van der Waals surface area contributed by atoms with Gasteiger partial charge in [0.15, 0.2) is 0 Å². The number of hydrogen-bond acceptors (Lipinski definition) is 2. The lowest BCUT2D eigenvalue weighted by molar-refractivity contribution is 0.302. The molecule has 2 heteroatoms. The molecule has 3 rings (SSSR count). The second-order valence-corrected chi connectivity index (χ2v) is 7.47. The number of benzene rings is 1. The van der Waals surface area contributed by atoms with Gasteiger partial charge in [0, 0.05) is 11.5 Å². The monoisotopic (exact) mass is 326 g/mol. The topological polar surface area (TPSA) is 30.2 Å². The molecular weight excluding hydrogens is 296 g/mol. The molecule has 1 aliphatic rings. The summed E-state index contributed by atoms with van der Waals surface area (Å²) in [6.45, 7) is 2.28. The molecular formula is C22H30O2. The van der Waals surface area contributed by atoms with Crippen LogP contribution in [0.1, 0.15) is 82.6 Å². The smallest absolute Gasteiger partial charge is 0.336 e. The normalized spacial score (nSPS) is 21.2. The minimum Gasteiger partial charge on any atom is -0.423 e. The molecule has 1 fully saturated rings. The lowest BCUT2D eigenvalue weighted by Gasteiger charge is -2.29. The maximum Gasteiger partial charge on any atom is 0.336 e. The van der Waals surface area contributed by atoms with E-state index >= 15 is 0 Å². The molecule has 1 saturated carbocycles. The molecule has 0 aliphatic heterocycles. The molecule has 0 saturated heterocycles. The second kappa shape index (κ2) is 8.50. The van der Waals surface area contributed by atoms with Crippen molar-refractivity contribution in [3.8, 4) is 0 Å². The fraction of sp³-hybridized carbons (Fsp3) is 0.591. The summed E-state index contributed by atoms with van der Waals surface area (Å²) in [7, 11) is 0. The highest BCUT2D eigenvalue weighted by Crippen LogP contribution is 2.38. The van der Waals surface area contributed by atoms with E-state index in [1.165, 1.54) is 75.8 Å². The molecule has 0 bridgehead atoms. The molecule has 130 valence electrons. The molecule has 0 radical (unpaired) electrons. The fourth-order valence-corrected chi connectivity index (χ4v) is 4.17. The third-order valence-electron chi connectivity index (χ3n) is 5.68. The zero-order chi connectivity index (χ0) is 16.8. The van der Waals surface area contributed by atoms with Crippen molar-refractivity contribution in [3.05, 3.63) is 46.3 Å². The Balaban J connectivity index is 1.51. The summed E-state index contributed by atoms with van der Waals surface area (Å²) in [5.74, 6) is 1.62. The first-order chi connectivity index (χ1) is 11.8. The Kier molecular flexibility index (Phi) is 6.12. The van der Waals surface area contributed by atoms with E-state index in [1.807, 2.05) is 12.1 Å². The van der Waals surface area contributed by atoms with Crippen LogP contribution >= 0.6 is 0 Å². The summed E-state index contributed by atoms with van der Waals surface area (Å²) in [6, 6.07) is 9.73. The van der Waals surface area contributed by atoms with Crippen molar-refractivity contribution >= 4 is 11.0 Å². The third kappa shape index (κ3) is 4.49. The molecule has 0 spiro atoms. The molecule has 2 aromatic rings. The van der Waals surface area contributed by atoms with Crippen molar-refractivity contribution in [1.29, 1.82) is 0 Å². The van der Waals surface area contributed by atoms with Crippen LogP contribution in [0.15, 0.2) is 39.5 Å². The van der Waals surface area contributed by atoms with Gasteiger partial charge in [0.25, 0.3) is 0 Å². The maximum atomic E-state index is 11.3. The lowest BCUT2D eigenvalue weighted by atomic mass is 9.77. The van der Waals surface area contributed by atoms with Crippen LogP contribution in [0.3, 0.4) is 0 Å². The van der Waals surface area contributed by atoms with Crippen molar-refractivity contribution < 1.29 is 4.42 Å². The van der Waals surface area contributed by atoms with E-state index in [1.54, 1.807) is 0 Å². The molecule has 2 nitrogen and oxygen atoms in total. The number of hydrogen-bond donors (Lipinski definition) is 0. The molecule has 0 N–H and O–H groups in total. The SMILES string of the molecule is CCCCCCCC1CCC(c2ccc3oc(=O)ccc3c2)CC1. The Hall–Kier alpha value is -1.57. The van der Waals surface area contributed by atoms with Gasteiger partial charge in [-0.1, -0.05) is 51.5 Å². The van der Waals surface area contributed by atoms with E-state index in [9.17, 15) is 4.79 Å². The van der Waals surface area contributed by atoms with Crippen molar-refractivity contribution in [1.82, 2.24) is 0 Å².